The Morgan fingerprint density at radius 1 is 1.27 bits per heavy atom. The Labute approximate surface area is 133 Å². The molecule has 5 nitrogen and oxygen atoms in total. The zero-order valence-electron chi connectivity index (χ0n) is 13.8. The van der Waals surface area contributed by atoms with Gasteiger partial charge in [-0.25, -0.2) is 0 Å². The van der Waals surface area contributed by atoms with Crippen LogP contribution in [0.1, 0.15) is 64.7 Å². The lowest BCUT2D eigenvalue weighted by molar-refractivity contribution is -0.139. The van der Waals surface area contributed by atoms with Crippen molar-refractivity contribution in [1.82, 2.24) is 10.2 Å². The largest absolute Gasteiger partial charge is 0.389 e. The fraction of sp³-hybridized carbons (Fsp3) is 0.882. The summed E-state index contributed by atoms with van der Waals surface area (Å²) in [6, 6.07) is 0. The molecule has 0 bridgehead atoms. The van der Waals surface area contributed by atoms with Gasteiger partial charge in [-0.15, -0.1) is 0 Å². The Kier molecular flexibility index (Phi) is 6.24. The van der Waals surface area contributed by atoms with E-state index in [0.29, 0.717) is 13.1 Å². The SMILES string of the molecule is CCCCNC(=O)C1CCCN(C(=O)CC2(O)CCCC2)C1. The van der Waals surface area contributed by atoms with Gasteiger partial charge < -0.3 is 15.3 Å². The van der Waals surface area contributed by atoms with Gasteiger partial charge in [-0.05, 0) is 32.1 Å². The molecule has 2 amide bonds. The lowest BCUT2D eigenvalue weighted by Crippen LogP contribution is -2.47. The summed E-state index contributed by atoms with van der Waals surface area (Å²) in [5, 5.41) is 13.4. The smallest absolute Gasteiger partial charge is 0.225 e. The predicted molar refractivity (Wildman–Crippen MR) is 85.3 cm³/mol. The van der Waals surface area contributed by atoms with Crippen LogP contribution in [0, 0.1) is 5.92 Å². The number of rotatable bonds is 6. The Morgan fingerprint density at radius 3 is 2.68 bits per heavy atom. The highest BCUT2D eigenvalue weighted by molar-refractivity contribution is 5.81. The highest BCUT2D eigenvalue weighted by Crippen LogP contribution is 2.33. The van der Waals surface area contributed by atoms with Crippen LogP contribution in [0.5, 0.6) is 0 Å². The van der Waals surface area contributed by atoms with E-state index in [-0.39, 0.29) is 24.2 Å². The van der Waals surface area contributed by atoms with Gasteiger partial charge in [0.2, 0.25) is 11.8 Å². The van der Waals surface area contributed by atoms with Gasteiger partial charge in [0, 0.05) is 19.6 Å². The molecule has 2 aliphatic rings. The summed E-state index contributed by atoms with van der Waals surface area (Å²) in [6.07, 6.45) is 7.47. The van der Waals surface area contributed by atoms with Crippen molar-refractivity contribution in [2.24, 2.45) is 5.92 Å². The van der Waals surface area contributed by atoms with E-state index in [1.54, 1.807) is 4.90 Å². The number of nitrogens with zero attached hydrogens (tertiary/aromatic N) is 1. The maximum Gasteiger partial charge on any atom is 0.225 e. The first-order chi connectivity index (χ1) is 10.5. The zero-order chi connectivity index (χ0) is 16.0. The molecule has 126 valence electrons. The maximum atomic E-state index is 12.4. The van der Waals surface area contributed by atoms with Crippen molar-refractivity contribution in [3.05, 3.63) is 0 Å². The highest BCUT2D eigenvalue weighted by atomic mass is 16.3. The van der Waals surface area contributed by atoms with E-state index in [1.165, 1.54) is 0 Å². The van der Waals surface area contributed by atoms with Crippen LogP contribution in [-0.2, 0) is 9.59 Å². The van der Waals surface area contributed by atoms with E-state index in [4.69, 9.17) is 0 Å². The van der Waals surface area contributed by atoms with Gasteiger partial charge >= 0.3 is 0 Å². The van der Waals surface area contributed by atoms with Gasteiger partial charge in [-0.3, -0.25) is 9.59 Å². The fourth-order valence-corrected chi connectivity index (χ4v) is 3.55. The normalized spacial score (nSPS) is 24.3. The highest BCUT2D eigenvalue weighted by Gasteiger charge is 2.36. The minimum Gasteiger partial charge on any atom is -0.389 e. The molecule has 0 radical (unpaired) electrons. The van der Waals surface area contributed by atoms with Gasteiger partial charge in [-0.2, -0.15) is 0 Å². The van der Waals surface area contributed by atoms with E-state index < -0.39 is 5.60 Å². The Bertz CT molecular complexity index is 391. The van der Waals surface area contributed by atoms with Crippen LogP contribution in [0.3, 0.4) is 0 Å². The standard InChI is InChI=1S/C17H30N2O3/c1-2-3-10-18-16(21)14-7-6-11-19(13-14)15(20)12-17(22)8-4-5-9-17/h14,22H,2-13H2,1H3,(H,18,21). The summed E-state index contributed by atoms with van der Waals surface area (Å²) in [5.41, 5.74) is -0.798. The van der Waals surface area contributed by atoms with E-state index >= 15 is 0 Å². The summed E-state index contributed by atoms with van der Waals surface area (Å²) in [6.45, 7) is 4.04. The van der Waals surface area contributed by atoms with Gasteiger partial charge in [-0.1, -0.05) is 26.2 Å². The summed E-state index contributed by atoms with van der Waals surface area (Å²) < 4.78 is 0. The van der Waals surface area contributed by atoms with Crippen molar-refractivity contribution in [3.63, 3.8) is 0 Å². The molecular formula is C17H30N2O3. The first-order valence-electron chi connectivity index (χ1n) is 8.82. The molecule has 1 saturated heterocycles. The second kappa shape index (κ2) is 7.95. The molecule has 2 fully saturated rings. The van der Waals surface area contributed by atoms with Crippen LogP contribution < -0.4 is 5.32 Å². The van der Waals surface area contributed by atoms with Crippen molar-refractivity contribution >= 4 is 11.8 Å². The number of hydrogen-bond acceptors (Lipinski definition) is 3. The van der Waals surface area contributed by atoms with E-state index in [9.17, 15) is 14.7 Å². The molecular weight excluding hydrogens is 280 g/mol. The molecule has 1 atom stereocenters. The molecule has 2 rings (SSSR count). The summed E-state index contributed by atoms with van der Waals surface area (Å²) >= 11 is 0. The predicted octanol–water partition coefficient (Wildman–Crippen LogP) is 1.84. The van der Waals surface area contributed by atoms with E-state index in [0.717, 1.165) is 57.9 Å². The fourth-order valence-electron chi connectivity index (χ4n) is 3.55. The number of carbonyl (C=O) groups is 2. The second-order valence-corrected chi connectivity index (χ2v) is 6.93. The molecule has 22 heavy (non-hydrogen) atoms. The molecule has 0 aromatic rings. The average molecular weight is 310 g/mol. The quantitative estimate of drug-likeness (QED) is 0.736. The molecule has 1 saturated carbocycles. The van der Waals surface area contributed by atoms with Crippen LogP contribution in [0.2, 0.25) is 0 Å². The number of unbranched alkanes of at least 4 members (excludes halogenated alkanes) is 1. The van der Waals surface area contributed by atoms with Crippen molar-refractivity contribution in [3.8, 4) is 0 Å². The summed E-state index contributed by atoms with van der Waals surface area (Å²) in [4.78, 5) is 26.4. The molecule has 0 spiro atoms. The number of carbonyl (C=O) groups excluding carboxylic acids is 2. The number of hydrogen-bond donors (Lipinski definition) is 2. The number of likely N-dealkylation sites (tertiary alicyclic amines) is 1. The first kappa shape index (κ1) is 17.3. The molecule has 1 aliphatic heterocycles. The van der Waals surface area contributed by atoms with E-state index in [1.807, 2.05) is 0 Å². The molecule has 1 heterocycles. The minimum atomic E-state index is -0.798. The lowest BCUT2D eigenvalue weighted by Gasteiger charge is -2.34. The molecule has 2 N–H and O–H groups in total. The summed E-state index contributed by atoms with van der Waals surface area (Å²) in [5.74, 6) is -0.00577. The third-order valence-electron chi connectivity index (χ3n) is 4.99. The first-order valence-corrected chi connectivity index (χ1v) is 8.82. The number of aliphatic hydroxyl groups is 1. The molecule has 1 aliphatic carbocycles. The van der Waals surface area contributed by atoms with Crippen LogP contribution in [0.15, 0.2) is 0 Å². The van der Waals surface area contributed by atoms with Gasteiger partial charge in [0.15, 0.2) is 0 Å². The monoisotopic (exact) mass is 310 g/mol. The van der Waals surface area contributed by atoms with Crippen LogP contribution in [-0.4, -0.2) is 47.1 Å². The Balaban J connectivity index is 1.81. The van der Waals surface area contributed by atoms with Crippen LogP contribution >= 0.6 is 0 Å². The summed E-state index contributed by atoms with van der Waals surface area (Å²) in [7, 11) is 0. The Hall–Kier alpha value is -1.10. The number of nitrogens with one attached hydrogen (secondary N) is 1. The van der Waals surface area contributed by atoms with Crippen molar-refractivity contribution in [2.45, 2.75) is 70.3 Å². The second-order valence-electron chi connectivity index (χ2n) is 6.93. The molecule has 1 unspecified atom stereocenters. The molecule has 0 aromatic carbocycles. The van der Waals surface area contributed by atoms with Gasteiger partial charge in [0.25, 0.3) is 0 Å². The van der Waals surface area contributed by atoms with E-state index in [2.05, 4.69) is 12.2 Å². The van der Waals surface area contributed by atoms with Crippen molar-refractivity contribution in [1.29, 1.82) is 0 Å². The molecule has 0 aromatic heterocycles. The van der Waals surface area contributed by atoms with Crippen LogP contribution in [0.25, 0.3) is 0 Å². The van der Waals surface area contributed by atoms with Gasteiger partial charge in [0.1, 0.15) is 0 Å². The third-order valence-corrected chi connectivity index (χ3v) is 4.99. The van der Waals surface area contributed by atoms with Crippen molar-refractivity contribution in [2.75, 3.05) is 19.6 Å². The van der Waals surface area contributed by atoms with Gasteiger partial charge in [0.05, 0.1) is 17.9 Å². The lowest BCUT2D eigenvalue weighted by atomic mass is 9.93. The number of piperidine rings is 1. The average Bonchev–Trinajstić information content (AvgIpc) is 2.93. The topological polar surface area (TPSA) is 69.6 Å². The Morgan fingerprint density at radius 2 is 2.00 bits per heavy atom. The van der Waals surface area contributed by atoms with Crippen molar-refractivity contribution < 1.29 is 14.7 Å². The minimum absolute atomic E-state index is 0.00968. The number of amides is 2. The molecule has 5 heteroatoms. The maximum absolute atomic E-state index is 12.4. The van der Waals surface area contributed by atoms with Crippen LogP contribution in [0.4, 0.5) is 0 Å². The zero-order valence-corrected chi connectivity index (χ0v) is 13.8. The third kappa shape index (κ3) is 4.70.